The Morgan fingerprint density at radius 3 is 2.56 bits per heavy atom. The van der Waals surface area contributed by atoms with E-state index in [0.29, 0.717) is 12.1 Å². The van der Waals surface area contributed by atoms with Crippen molar-refractivity contribution in [1.29, 1.82) is 0 Å². The molecule has 2 atom stereocenters. The van der Waals surface area contributed by atoms with E-state index >= 15 is 0 Å². The molecule has 0 saturated heterocycles. The Balaban J connectivity index is 1.94. The summed E-state index contributed by atoms with van der Waals surface area (Å²) in [7, 11) is 0. The zero-order chi connectivity index (χ0) is 11.6. The van der Waals surface area contributed by atoms with Gasteiger partial charge >= 0.3 is 0 Å². The maximum atomic E-state index is 5.72. The van der Waals surface area contributed by atoms with Gasteiger partial charge < -0.3 is 10.1 Å². The predicted octanol–water partition coefficient (Wildman–Crippen LogP) is 3.30. The molecule has 0 spiro atoms. The average molecular weight is 219 g/mol. The molecule has 1 saturated carbocycles. The molecule has 1 aromatic carbocycles. The largest absolute Gasteiger partial charge is 0.382 e. The van der Waals surface area contributed by atoms with Crippen molar-refractivity contribution >= 4 is 5.69 Å². The average Bonchev–Trinajstić information content (AvgIpc) is 2.29. The zero-order valence-electron chi connectivity index (χ0n) is 10.4. The van der Waals surface area contributed by atoms with E-state index in [2.05, 4.69) is 50.4 Å². The highest BCUT2D eigenvalue weighted by Crippen LogP contribution is 2.44. The number of nitrogens with one attached hydrogen (secondary N) is 1. The van der Waals surface area contributed by atoms with Gasteiger partial charge in [0.1, 0.15) is 0 Å². The van der Waals surface area contributed by atoms with Crippen molar-refractivity contribution < 1.29 is 4.74 Å². The van der Waals surface area contributed by atoms with Crippen LogP contribution in [-0.4, -0.2) is 18.8 Å². The number of hydrogen-bond donors (Lipinski definition) is 1. The van der Waals surface area contributed by atoms with Gasteiger partial charge in [-0.25, -0.2) is 0 Å². The molecule has 0 heterocycles. The van der Waals surface area contributed by atoms with Crippen LogP contribution in [0.1, 0.15) is 27.2 Å². The zero-order valence-corrected chi connectivity index (χ0v) is 10.4. The molecule has 2 unspecified atom stereocenters. The van der Waals surface area contributed by atoms with Crippen molar-refractivity contribution in [3.05, 3.63) is 30.3 Å². The first kappa shape index (κ1) is 11.5. The Morgan fingerprint density at radius 2 is 2.00 bits per heavy atom. The fourth-order valence-corrected chi connectivity index (χ4v) is 2.35. The Labute approximate surface area is 98.0 Å². The van der Waals surface area contributed by atoms with Crippen molar-refractivity contribution in [3.8, 4) is 0 Å². The summed E-state index contributed by atoms with van der Waals surface area (Å²) in [4.78, 5) is 0. The Kier molecular flexibility index (Phi) is 3.20. The normalized spacial score (nSPS) is 27.2. The quantitative estimate of drug-likeness (QED) is 0.839. The summed E-state index contributed by atoms with van der Waals surface area (Å²) in [5.74, 6) is 0. The van der Waals surface area contributed by atoms with Crippen LogP contribution in [0.5, 0.6) is 0 Å². The van der Waals surface area contributed by atoms with E-state index in [1.54, 1.807) is 0 Å². The van der Waals surface area contributed by atoms with Crippen LogP contribution in [0.2, 0.25) is 0 Å². The van der Waals surface area contributed by atoms with Crippen LogP contribution in [0.4, 0.5) is 5.69 Å². The molecule has 0 bridgehead atoms. The summed E-state index contributed by atoms with van der Waals surface area (Å²) in [5, 5.41) is 3.58. The maximum absolute atomic E-state index is 5.72. The maximum Gasteiger partial charge on any atom is 0.0665 e. The third-order valence-electron chi connectivity index (χ3n) is 3.66. The lowest BCUT2D eigenvalue weighted by molar-refractivity contribution is -0.0975. The van der Waals surface area contributed by atoms with Crippen LogP contribution in [-0.2, 0) is 4.74 Å². The summed E-state index contributed by atoms with van der Waals surface area (Å²) < 4.78 is 5.72. The number of rotatable bonds is 4. The van der Waals surface area contributed by atoms with E-state index < -0.39 is 0 Å². The van der Waals surface area contributed by atoms with Gasteiger partial charge in [0.15, 0.2) is 0 Å². The number of para-hydroxylation sites is 1. The minimum absolute atomic E-state index is 0.228. The SMILES string of the molecule is CCOC1CC(Nc2ccccc2)C1(C)C. The van der Waals surface area contributed by atoms with Crippen LogP contribution >= 0.6 is 0 Å². The third kappa shape index (κ3) is 2.07. The van der Waals surface area contributed by atoms with Crippen molar-refractivity contribution in [1.82, 2.24) is 0 Å². The van der Waals surface area contributed by atoms with E-state index in [-0.39, 0.29) is 5.41 Å². The molecule has 1 aromatic rings. The van der Waals surface area contributed by atoms with Gasteiger partial charge in [0, 0.05) is 23.8 Å². The van der Waals surface area contributed by atoms with Gasteiger partial charge in [0.05, 0.1) is 6.10 Å². The molecular formula is C14H21NO. The van der Waals surface area contributed by atoms with E-state index in [1.807, 2.05) is 6.07 Å². The fraction of sp³-hybridized carbons (Fsp3) is 0.571. The van der Waals surface area contributed by atoms with E-state index in [4.69, 9.17) is 4.74 Å². The Hall–Kier alpha value is -1.02. The summed E-state index contributed by atoms with van der Waals surface area (Å²) in [5.41, 5.74) is 1.43. The summed E-state index contributed by atoms with van der Waals surface area (Å²) in [6.45, 7) is 7.43. The van der Waals surface area contributed by atoms with Crippen LogP contribution < -0.4 is 5.32 Å². The minimum Gasteiger partial charge on any atom is -0.382 e. The van der Waals surface area contributed by atoms with Gasteiger partial charge in [-0.2, -0.15) is 0 Å². The van der Waals surface area contributed by atoms with Crippen LogP contribution in [0.25, 0.3) is 0 Å². The van der Waals surface area contributed by atoms with Gasteiger partial charge in [-0.05, 0) is 25.5 Å². The summed E-state index contributed by atoms with van der Waals surface area (Å²) in [6, 6.07) is 10.9. The van der Waals surface area contributed by atoms with Gasteiger partial charge in [0.25, 0.3) is 0 Å². The number of anilines is 1. The third-order valence-corrected chi connectivity index (χ3v) is 3.66. The number of hydrogen-bond acceptors (Lipinski definition) is 2. The Bertz CT molecular complexity index is 334. The van der Waals surface area contributed by atoms with Crippen molar-refractivity contribution in [2.24, 2.45) is 5.41 Å². The first-order valence-corrected chi connectivity index (χ1v) is 6.07. The van der Waals surface area contributed by atoms with Crippen molar-refractivity contribution in [2.45, 2.75) is 39.3 Å². The molecule has 1 N–H and O–H groups in total. The van der Waals surface area contributed by atoms with Crippen LogP contribution in [0.15, 0.2) is 30.3 Å². The van der Waals surface area contributed by atoms with Gasteiger partial charge in [0.2, 0.25) is 0 Å². The molecule has 1 aliphatic carbocycles. The van der Waals surface area contributed by atoms with E-state index in [0.717, 1.165) is 13.0 Å². The topological polar surface area (TPSA) is 21.3 Å². The first-order valence-electron chi connectivity index (χ1n) is 6.07. The van der Waals surface area contributed by atoms with Crippen molar-refractivity contribution in [3.63, 3.8) is 0 Å². The molecule has 0 aliphatic heterocycles. The van der Waals surface area contributed by atoms with Crippen molar-refractivity contribution in [2.75, 3.05) is 11.9 Å². The second-order valence-electron chi connectivity index (χ2n) is 5.06. The minimum atomic E-state index is 0.228. The van der Waals surface area contributed by atoms with Gasteiger partial charge in [-0.3, -0.25) is 0 Å². The van der Waals surface area contributed by atoms with Crippen LogP contribution in [0, 0.1) is 5.41 Å². The molecule has 1 fully saturated rings. The lowest BCUT2D eigenvalue weighted by Gasteiger charge is -2.52. The van der Waals surface area contributed by atoms with Gasteiger partial charge in [-0.1, -0.05) is 32.0 Å². The highest BCUT2D eigenvalue weighted by atomic mass is 16.5. The number of benzene rings is 1. The second kappa shape index (κ2) is 4.46. The smallest absolute Gasteiger partial charge is 0.0665 e. The second-order valence-corrected chi connectivity index (χ2v) is 5.06. The molecule has 1 aliphatic rings. The predicted molar refractivity (Wildman–Crippen MR) is 67.7 cm³/mol. The lowest BCUT2D eigenvalue weighted by Crippen LogP contribution is -2.58. The molecular weight excluding hydrogens is 198 g/mol. The standard InChI is InChI=1S/C14H21NO/c1-4-16-13-10-12(14(13,2)3)15-11-8-6-5-7-9-11/h5-9,12-13,15H,4,10H2,1-3H3. The van der Waals surface area contributed by atoms with E-state index in [1.165, 1.54) is 5.69 Å². The molecule has 0 amide bonds. The molecule has 0 aromatic heterocycles. The molecule has 0 radical (unpaired) electrons. The Morgan fingerprint density at radius 1 is 1.31 bits per heavy atom. The summed E-state index contributed by atoms with van der Waals surface area (Å²) >= 11 is 0. The monoisotopic (exact) mass is 219 g/mol. The fourth-order valence-electron chi connectivity index (χ4n) is 2.35. The molecule has 2 nitrogen and oxygen atoms in total. The summed E-state index contributed by atoms with van der Waals surface area (Å²) in [6.07, 6.45) is 1.51. The first-order chi connectivity index (χ1) is 7.64. The number of ether oxygens (including phenoxy) is 1. The molecule has 2 heteroatoms. The lowest BCUT2D eigenvalue weighted by atomic mass is 9.64. The highest BCUT2D eigenvalue weighted by molar-refractivity contribution is 5.44. The molecule has 88 valence electrons. The molecule has 16 heavy (non-hydrogen) atoms. The highest BCUT2D eigenvalue weighted by Gasteiger charge is 2.48. The van der Waals surface area contributed by atoms with E-state index in [9.17, 15) is 0 Å². The van der Waals surface area contributed by atoms with Gasteiger partial charge in [-0.15, -0.1) is 0 Å². The van der Waals surface area contributed by atoms with Crippen LogP contribution in [0.3, 0.4) is 0 Å². The molecule has 2 rings (SSSR count).